The first-order chi connectivity index (χ1) is 8.21. The third kappa shape index (κ3) is 2.29. The number of nitrogens with zero attached hydrogens (tertiary/aromatic N) is 2. The van der Waals surface area contributed by atoms with E-state index >= 15 is 0 Å². The fourth-order valence-corrected chi connectivity index (χ4v) is 2.79. The van der Waals surface area contributed by atoms with Crippen LogP contribution in [-0.4, -0.2) is 22.6 Å². The van der Waals surface area contributed by atoms with E-state index in [1.54, 1.807) is 0 Å². The Labute approximate surface area is 108 Å². The fourth-order valence-electron chi connectivity index (χ4n) is 2.56. The molecule has 0 bridgehead atoms. The number of thiol groups is 1. The van der Waals surface area contributed by atoms with Crippen LogP contribution in [0, 0.1) is 0 Å². The second kappa shape index (κ2) is 5.27. The molecule has 1 aromatic rings. The van der Waals surface area contributed by atoms with Crippen molar-refractivity contribution >= 4 is 12.6 Å². The van der Waals surface area contributed by atoms with Gasteiger partial charge in [-0.15, -0.1) is 0 Å². The lowest BCUT2D eigenvalue weighted by atomic mass is 10.0. The van der Waals surface area contributed by atoms with E-state index in [1.807, 2.05) is 11.5 Å². The zero-order valence-electron chi connectivity index (χ0n) is 10.6. The van der Waals surface area contributed by atoms with Crippen molar-refractivity contribution in [2.24, 2.45) is 0 Å². The molecule has 0 aromatic carbocycles. The molecule has 0 aliphatic carbocycles. The van der Waals surface area contributed by atoms with Crippen LogP contribution in [0.3, 0.4) is 0 Å². The van der Waals surface area contributed by atoms with Crippen molar-refractivity contribution in [3.05, 3.63) is 33.2 Å². The van der Waals surface area contributed by atoms with E-state index in [9.17, 15) is 4.79 Å². The normalized spacial score (nSPS) is 15.9. The number of rotatable bonds is 3. The highest BCUT2D eigenvalue weighted by molar-refractivity contribution is 7.79. The van der Waals surface area contributed by atoms with Gasteiger partial charge in [-0.2, -0.15) is 12.6 Å². The highest BCUT2D eigenvalue weighted by Crippen LogP contribution is 2.19. The minimum atomic E-state index is 0.145. The molecule has 1 aliphatic rings. The summed E-state index contributed by atoms with van der Waals surface area (Å²) >= 11 is 4.25. The Bertz CT molecular complexity index is 467. The number of pyridine rings is 1. The number of hydrogen-bond acceptors (Lipinski definition) is 3. The first-order valence-corrected chi connectivity index (χ1v) is 6.92. The second-order valence-corrected chi connectivity index (χ2v) is 4.78. The van der Waals surface area contributed by atoms with Gasteiger partial charge in [0.25, 0.3) is 5.56 Å². The molecule has 0 N–H and O–H groups in total. The Hall–Kier alpha value is -0.740. The molecule has 1 aromatic heterocycles. The summed E-state index contributed by atoms with van der Waals surface area (Å²) in [4.78, 5) is 14.6. The van der Waals surface area contributed by atoms with Crippen LogP contribution in [-0.2, 0) is 25.3 Å². The SMILES string of the molecule is CCN1CCc2c(cc(CS)c(=O)n2CC)C1. The first-order valence-electron chi connectivity index (χ1n) is 6.28. The van der Waals surface area contributed by atoms with Gasteiger partial charge < -0.3 is 4.57 Å². The maximum Gasteiger partial charge on any atom is 0.254 e. The molecule has 0 radical (unpaired) electrons. The molecular formula is C13H20N2OS. The highest BCUT2D eigenvalue weighted by atomic mass is 32.1. The Morgan fingerprint density at radius 1 is 1.35 bits per heavy atom. The lowest BCUT2D eigenvalue weighted by Crippen LogP contribution is -2.36. The van der Waals surface area contributed by atoms with Gasteiger partial charge in [-0.1, -0.05) is 6.92 Å². The summed E-state index contributed by atoms with van der Waals surface area (Å²) in [6.07, 6.45) is 0.985. The van der Waals surface area contributed by atoms with Gasteiger partial charge in [0.1, 0.15) is 0 Å². The van der Waals surface area contributed by atoms with E-state index in [4.69, 9.17) is 0 Å². The summed E-state index contributed by atoms with van der Waals surface area (Å²) in [7, 11) is 0. The molecule has 0 fully saturated rings. The summed E-state index contributed by atoms with van der Waals surface area (Å²) in [5, 5.41) is 0. The van der Waals surface area contributed by atoms with Crippen molar-refractivity contribution in [2.45, 2.75) is 39.1 Å². The standard InChI is InChI=1S/C13H20N2OS/c1-3-14-6-5-12-10(8-14)7-11(9-17)13(16)15(12)4-2/h7,17H,3-6,8-9H2,1-2H3. The topological polar surface area (TPSA) is 25.2 Å². The Balaban J connectivity index is 2.52. The molecule has 3 nitrogen and oxygen atoms in total. The van der Waals surface area contributed by atoms with E-state index in [0.29, 0.717) is 5.75 Å². The van der Waals surface area contributed by atoms with Gasteiger partial charge in [0.2, 0.25) is 0 Å². The zero-order chi connectivity index (χ0) is 12.4. The molecule has 0 spiro atoms. The highest BCUT2D eigenvalue weighted by Gasteiger charge is 2.19. The van der Waals surface area contributed by atoms with E-state index in [1.165, 1.54) is 11.3 Å². The van der Waals surface area contributed by atoms with Gasteiger partial charge in [-0.3, -0.25) is 9.69 Å². The molecule has 0 amide bonds. The zero-order valence-corrected chi connectivity index (χ0v) is 11.5. The minimum absolute atomic E-state index is 0.145. The van der Waals surface area contributed by atoms with Crippen molar-refractivity contribution in [3.63, 3.8) is 0 Å². The molecule has 0 unspecified atom stereocenters. The van der Waals surface area contributed by atoms with Crippen LogP contribution in [0.5, 0.6) is 0 Å². The van der Waals surface area contributed by atoms with Crippen molar-refractivity contribution in [2.75, 3.05) is 13.1 Å². The summed E-state index contributed by atoms with van der Waals surface area (Å²) < 4.78 is 1.92. The van der Waals surface area contributed by atoms with E-state index < -0.39 is 0 Å². The van der Waals surface area contributed by atoms with E-state index in [2.05, 4.69) is 30.5 Å². The Morgan fingerprint density at radius 2 is 2.12 bits per heavy atom. The largest absolute Gasteiger partial charge is 0.312 e. The van der Waals surface area contributed by atoms with Crippen LogP contribution in [0.25, 0.3) is 0 Å². The maximum atomic E-state index is 12.2. The van der Waals surface area contributed by atoms with Gasteiger partial charge >= 0.3 is 0 Å². The van der Waals surface area contributed by atoms with Crippen molar-refractivity contribution < 1.29 is 0 Å². The van der Waals surface area contributed by atoms with Crippen LogP contribution >= 0.6 is 12.6 Å². The molecule has 0 saturated carbocycles. The molecule has 94 valence electrons. The van der Waals surface area contributed by atoms with Crippen LogP contribution in [0.4, 0.5) is 0 Å². The average molecular weight is 252 g/mol. The number of likely N-dealkylation sites (N-methyl/N-ethyl adjacent to an activating group) is 1. The van der Waals surface area contributed by atoms with E-state index in [0.717, 1.165) is 38.2 Å². The van der Waals surface area contributed by atoms with E-state index in [-0.39, 0.29) is 5.56 Å². The molecule has 0 saturated heterocycles. The average Bonchev–Trinajstić information content (AvgIpc) is 2.37. The molecule has 0 atom stereocenters. The lowest BCUT2D eigenvalue weighted by molar-refractivity contribution is 0.261. The minimum Gasteiger partial charge on any atom is -0.312 e. The molecule has 17 heavy (non-hydrogen) atoms. The van der Waals surface area contributed by atoms with Crippen molar-refractivity contribution in [3.8, 4) is 0 Å². The summed E-state index contributed by atoms with van der Waals surface area (Å²) in [6.45, 7) is 8.07. The molecule has 1 aliphatic heterocycles. The summed E-state index contributed by atoms with van der Waals surface area (Å²) in [6, 6.07) is 2.05. The van der Waals surface area contributed by atoms with Crippen LogP contribution in [0.1, 0.15) is 30.7 Å². The third-order valence-corrected chi connectivity index (χ3v) is 3.90. The third-order valence-electron chi connectivity index (χ3n) is 3.56. The Morgan fingerprint density at radius 3 is 2.71 bits per heavy atom. The van der Waals surface area contributed by atoms with Gasteiger partial charge in [0.05, 0.1) is 0 Å². The lowest BCUT2D eigenvalue weighted by Gasteiger charge is -2.29. The molecule has 4 heteroatoms. The number of hydrogen-bond donors (Lipinski definition) is 1. The predicted molar refractivity (Wildman–Crippen MR) is 73.7 cm³/mol. The first kappa shape index (κ1) is 12.7. The molecular weight excluding hydrogens is 232 g/mol. The summed E-state index contributed by atoms with van der Waals surface area (Å²) in [5.74, 6) is 0.526. The van der Waals surface area contributed by atoms with Gasteiger partial charge in [0.15, 0.2) is 0 Å². The van der Waals surface area contributed by atoms with Gasteiger partial charge in [-0.25, -0.2) is 0 Å². The van der Waals surface area contributed by atoms with Crippen molar-refractivity contribution in [1.82, 2.24) is 9.47 Å². The van der Waals surface area contributed by atoms with Crippen LogP contribution < -0.4 is 5.56 Å². The monoisotopic (exact) mass is 252 g/mol. The van der Waals surface area contributed by atoms with Gasteiger partial charge in [-0.05, 0) is 25.1 Å². The fraction of sp³-hybridized carbons (Fsp3) is 0.615. The van der Waals surface area contributed by atoms with Crippen LogP contribution in [0.15, 0.2) is 10.9 Å². The number of fused-ring (bicyclic) bond motifs is 1. The molecule has 2 heterocycles. The molecule has 2 rings (SSSR count). The Kier molecular flexibility index (Phi) is 3.94. The maximum absolute atomic E-state index is 12.2. The smallest absolute Gasteiger partial charge is 0.254 e. The van der Waals surface area contributed by atoms with Crippen LogP contribution in [0.2, 0.25) is 0 Å². The van der Waals surface area contributed by atoms with Gasteiger partial charge in [0, 0.05) is 43.1 Å². The second-order valence-electron chi connectivity index (χ2n) is 4.47. The number of aromatic nitrogens is 1. The predicted octanol–water partition coefficient (Wildman–Crippen LogP) is 1.68. The summed E-state index contributed by atoms with van der Waals surface area (Å²) in [5.41, 5.74) is 3.51. The van der Waals surface area contributed by atoms with Crippen molar-refractivity contribution in [1.29, 1.82) is 0 Å². The quantitative estimate of drug-likeness (QED) is 0.828.